The topological polar surface area (TPSA) is 28.4 Å². The molecule has 0 saturated carbocycles. The lowest BCUT2D eigenvalue weighted by molar-refractivity contribution is 0.202. The number of piperidine rings is 1. The molecule has 0 amide bonds. The van der Waals surface area contributed by atoms with E-state index in [-0.39, 0.29) is 6.04 Å². The maximum atomic E-state index is 5.55. The summed E-state index contributed by atoms with van der Waals surface area (Å²) < 4.78 is 6.35. The van der Waals surface area contributed by atoms with Crippen LogP contribution < -0.4 is 5.32 Å². The number of likely N-dealkylation sites (tertiary alicyclic amines) is 1. The second kappa shape index (κ2) is 6.03. The molecule has 1 aromatic heterocycles. The van der Waals surface area contributed by atoms with Gasteiger partial charge in [-0.1, -0.05) is 0 Å². The molecular formula is C13H21BrN2O. The zero-order valence-electron chi connectivity index (χ0n) is 10.6. The van der Waals surface area contributed by atoms with Gasteiger partial charge in [-0.05, 0) is 73.9 Å². The Morgan fingerprint density at radius 2 is 2.41 bits per heavy atom. The number of rotatable bonds is 4. The molecule has 1 N–H and O–H groups in total. The summed E-state index contributed by atoms with van der Waals surface area (Å²) in [7, 11) is 2.21. The third kappa shape index (κ3) is 3.83. The SMILES string of the molecule is CC(NCC1CCCN(C)C1)c1ccc(Br)o1. The lowest BCUT2D eigenvalue weighted by Gasteiger charge is -2.30. The number of nitrogens with zero attached hydrogens (tertiary/aromatic N) is 1. The zero-order valence-corrected chi connectivity index (χ0v) is 12.2. The molecule has 1 aliphatic heterocycles. The highest BCUT2D eigenvalue weighted by Crippen LogP contribution is 2.21. The van der Waals surface area contributed by atoms with E-state index in [0.29, 0.717) is 0 Å². The van der Waals surface area contributed by atoms with E-state index >= 15 is 0 Å². The lowest BCUT2D eigenvalue weighted by Crippen LogP contribution is -2.37. The van der Waals surface area contributed by atoms with Crippen LogP contribution in [0.3, 0.4) is 0 Å². The normalized spacial score (nSPS) is 23.8. The van der Waals surface area contributed by atoms with Crippen molar-refractivity contribution in [2.24, 2.45) is 5.92 Å². The minimum Gasteiger partial charge on any atom is -0.453 e. The standard InChI is InChI=1S/C13H21BrN2O/c1-10(12-5-6-13(14)17-12)15-8-11-4-3-7-16(2)9-11/h5-6,10-11,15H,3-4,7-9H2,1-2H3. The Morgan fingerprint density at radius 1 is 1.59 bits per heavy atom. The molecule has 17 heavy (non-hydrogen) atoms. The average molecular weight is 301 g/mol. The number of halogens is 1. The van der Waals surface area contributed by atoms with Crippen molar-refractivity contribution in [2.75, 3.05) is 26.7 Å². The van der Waals surface area contributed by atoms with E-state index in [1.54, 1.807) is 0 Å². The van der Waals surface area contributed by atoms with Crippen LogP contribution in [-0.2, 0) is 0 Å². The van der Waals surface area contributed by atoms with Gasteiger partial charge in [0.25, 0.3) is 0 Å². The van der Waals surface area contributed by atoms with E-state index in [4.69, 9.17) is 4.42 Å². The van der Waals surface area contributed by atoms with Gasteiger partial charge in [-0.15, -0.1) is 0 Å². The van der Waals surface area contributed by atoms with Gasteiger partial charge in [-0.2, -0.15) is 0 Å². The maximum absolute atomic E-state index is 5.55. The van der Waals surface area contributed by atoms with Crippen LogP contribution in [0.4, 0.5) is 0 Å². The molecule has 2 rings (SSSR count). The van der Waals surface area contributed by atoms with Gasteiger partial charge in [-0.3, -0.25) is 0 Å². The minimum absolute atomic E-state index is 0.286. The maximum Gasteiger partial charge on any atom is 0.169 e. The molecule has 0 spiro atoms. The predicted molar refractivity (Wildman–Crippen MR) is 73.0 cm³/mol. The smallest absolute Gasteiger partial charge is 0.169 e. The van der Waals surface area contributed by atoms with Crippen molar-refractivity contribution in [3.05, 3.63) is 22.6 Å². The fourth-order valence-corrected chi connectivity index (χ4v) is 2.76. The molecule has 1 aromatic rings. The molecule has 2 atom stereocenters. The Hall–Kier alpha value is -0.320. The van der Waals surface area contributed by atoms with Crippen LogP contribution in [0.1, 0.15) is 31.6 Å². The highest BCUT2D eigenvalue weighted by molar-refractivity contribution is 9.10. The van der Waals surface area contributed by atoms with E-state index in [2.05, 4.69) is 40.1 Å². The second-order valence-electron chi connectivity index (χ2n) is 5.04. The molecule has 96 valence electrons. The molecule has 0 bridgehead atoms. The average Bonchev–Trinajstić information content (AvgIpc) is 2.73. The summed E-state index contributed by atoms with van der Waals surface area (Å²) >= 11 is 3.33. The Labute approximate surface area is 112 Å². The van der Waals surface area contributed by atoms with Crippen molar-refractivity contribution in [3.8, 4) is 0 Å². The first kappa shape index (κ1) is 13.1. The Morgan fingerprint density at radius 3 is 3.06 bits per heavy atom. The van der Waals surface area contributed by atoms with Crippen molar-refractivity contribution >= 4 is 15.9 Å². The molecule has 1 saturated heterocycles. The molecule has 0 aliphatic carbocycles. The first-order valence-corrected chi connectivity index (χ1v) is 7.11. The third-order valence-electron chi connectivity index (χ3n) is 3.46. The van der Waals surface area contributed by atoms with Crippen LogP contribution in [0.5, 0.6) is 0 Å². The molecular weight excluding hydrogens is 280 g/mol. The van der Waals surface area contributed by atoms with E-state index in [0.717, 1.165) is 22.9 Å². The summed E-state index contributed by atoms with van der Waals surface area (Å²) in [6.07, 6.45) is 2.66. The minimum atomic E-state index is 0.286. The summed E-state index contributed by atoms with van der Waals surface area (Å²) in [6, 6.07) is 4.25. The Kier molecular flexibility index (Phi) is 4.65. The number of hydrogen-bond donors (Lipinski definition) is 1. The first-order valence-electron chi connectivity index (χ1n) is 6.32. The van der Waals surface area contributed by atoms with Crippen molar-refractivity contribution < 1.29 is 4.42 Å². The fraction of sp³-hybridized carbons (Fsp3) is 0.692. The second-order valence-corrected chi connectivity index (χ2v) is 5.82. The summed E-state index contributed by atoms with van der Waals surface area (Å²) in [5.41, 5.74) is 0. The van der Waals surface area contributed by atoms with Gasteiger partial charge >= 0.3 is 0 Å². The van der Waals surface area contributed by atoms with Gasteiger partial charge in [0.1, 0.15) is 5.76 Å². The monoisotopic (exact) mass is 300 g/mol. The van der Waals surface area contributed by atoms with Crippen molar-refractivity contribution in [3.63, 3.8) is 0 Å². The highest BCUT2D eigenvalue weighted by Gasteiger charge is 2.18. The summed E-state index contributed by atoms with van der Waals surface area (Å²) in [5, 5.41) is 3.56. The van der Waals surface area contributed by atoms with E-state index < -0.39 is 0 Å². The van der Waals surface area contributed by atoms with Crippen molar-refractivity contribution in [1.82, 2.24) is 10.2 Å². The summed E-state index contributed by atoms with van der Waals surface area (Å²) in [5.74, 6) is 1.77. The van der Waals surface area contributed by atoms with Gasteiger partial charge in [0.15, 0.2) is 4.67 Å². The van der Waals surface area contributed by atoms with Crippen LogP contribution in [0, 0.1) is 5.92 Å². The van der Waals surface area contributed by atoms with Crippen molar-refractivity contribution in [2.45, 2.75) is 25.8 Å². The molecule has 1 fully saturated rings. The lowest BCUT2D eigenvalue weighted by atomic mass is 9.98. The number of furan rings is 1. The summed E-state index contributed by atoms with van der Waals surface area (Å²) in [4.78, 5) is 2.42. The van der Waals surface area contributed by atoms with E-state index in [9.17, 15) is 0 Å². The van der Waals surface area contributed by atoms with Crippen LogP contribution in [0.2, 0.25) is 0 Å². The quantitative estimate of drug-likeness (QED) is 0.926. The third-order valence-corrected chi connectivity index (χ3v) is 3.88. The van der Waals surface area contributed by atoms with E-state index in [1.165, 1.54) is 25.9 Å². The Balaban J connectivity index is 1.77. The number of hydrogen-bond acceptors (Lipinski definition) is 3. The molecule has 0 aromatic carbocycles. The zero-order chi connectivity index (χ0) is 12.3. The fourth-order valence-electron chi connectivity index (χ4n) is 2.44. The van der Waals surface area contributed by atoms with Crippen LogP contribution in [0.15, 0.2) is 21.2 Å². The van der Waals surface area contributed by atoms with Gasteiger partial charge in [0.2, 0.25) is 0 Å². The molecule has 1 aliphatic rings. The van der Waals surface area contributed by atoms with Crippen LogP contribution in [-0.4, -0.2) is 31.6 Å². The van der Waals surface area contributed by atoms with Crippen LogP contribution >= 0.6 is 15.9 Å². The highest BCUT2D eigenvalue weighted by atomic mass is 79.9. The molecule has 3 nitrogen and oxygen atoms in total. The first-order chi connectivity index (χ1) is 8.15. The largest absolute Gasteiger partial charge is 0.453 e. The van der Waals surface area contributed by atoms with Crippen molar-refractivity contribution in [1.29, 1.82) is 0 Å². The van der Waals surface area contributed by atoms with Gasteiger partial charge in [-0.25, -0.2) is 0 Å². The molecule has 2 heterocycles. The molecule has 0 radical (unpaired) electrons. The van der Waals surface area contributed by atoms with Crippen LogP contribution in [0.25, 0.3) is 0 Å². The Bertz CT molecular complexity index is 353. The van der Waals surface area contributed by atoms with Gasteiger partial charge < -0.3 is 14.6 Å². The molecule has 4 heteroatoms. The van der Waals surface area contributed by atoms with Gasteiger partial charge in [0.05, 0.1) is 6.04 Å². The van der Waals surface area contributed by atoms with Gasteiger partial charge in [0, 0.05) is 6.54 Å². The molecule has 2 unspecified atom stereocenters. The number of nitrogens with one attached hydrogen (secondary N) is 1. The van der Waals surface area contributed by atoms with E-state index in [1.807, 2.05) is 12.1 Å². The summed E-state index contributed by atoms with van der Waals surface area (Å²) in [6.45, 7) is 5.68. The predicted octanol–water partition coefficient (Wildman–Crippen LogP) is 3.03.